The molecule has 0 saturated heterocycles. The summed E-state index contributed by atoms with van der Waals surface area (Å²) < 4.78 is 1.84. The topological polar surface area (TPSA) is 38.1 Å². The van der Waals surface area contributed by atoms with E-state index in [4.69, 9.17) is 0 Å². The maximum absolute atomic E-state index is 10.3. The Morgan fingerprint density at radius 1 is 1.05 bits per heavy atom. The zero-order valence-corrected chi connectivity index (χ0v) is 12.2. The Morgan fingerprint density at radius 3 is 2.48 bits per heavy atom. The standard InChI is InChI=1S/C18H18N2O/c1-3-16-17(14-9-5-4-6-10-14)18(21)19-20(16)15-11-7-8-13(2)12-15/h4-12H,3H2,1-2H3,(H,19,21). The summed E-state index contributed by atoms with van der Waals surface area (Å²) in [6.45, 7) is 4.13. The van der Waals surface area contributed by atoms with Crippen molar-refractivity contribution < 1.29 is 5.11 Å². The van der Waals surface area contributed by atoms with Crippen LogP contribution in [0.15, 0.2) is 54.6 Å². The number of nitrogens with zero attached hydrogens (tertiary/aromatic N) is 2. The Kier molecular flexibility index (Phi) is 3.48. The third-order valence-corrected chi connectivity index (χ3v) is 3.61. The summed E-state index contributed by atoms with van der Waals surface area (Å²) in [7, 11) is 0. The van der Waals surface area contributed by atoms with Gasteiger partial charge >= 0.3 is 0 Å². The quantitative estimate of drug-likeness (QED) is 0.782. The van der Waals surface area contributed by atoms with Gasteiger partial charge in [0.15, 0.2) is 0 Å². The summed E-state index contributed by atoms with van der Waals surface area (Å²) in [6.07, 6.45) is 0.797. The van der Waals surface area contributed by atoms with Gasteiger partial charge in [0.1, 0.15) is 0 Å². The molecule has 0 aliphatic carbocycles. The maximum Gasteiger partial charge on any atom is 0.239 e. The van der Waals surface area contributed by atoms with Crippen LogP contribution in [0.4, 0.5) is 0 Å². The lowest BCUT2D eigenvalue weighted by molar-refractivity contribution is 0.449. The molecule has 0 saturated carbocycles. The minimum Gasteiger partial charge on any atom is -0.492 e. The number of aromatic hydroxyl groups is 1. The van der Waals surface area contributed by atoms with Gasteiger partial charge in [-0.25, -0.2) is 4.68 Å². The molecule has 3 rings (SSSR count). The lowest BCUT2D eigenvalue weighted by Gasteiger charge is -2.08. The minimum absolute atomic E-state index is 0.0829. The fraction of sp³-hybridized carbons (Fsp3) is 0.167. The van der Waals surface area contributed by atoms with E-state index in [0.717, 1.165) is 28.9 Å². The van der Waals surface area contributed by atoms with E-state index in [1.807, 2.05) is 47.1 Å². The van der Waals surface area contributed by atoms with Gasteiger partial charge in [-0.05, 0) is 36.6 Å². The summed E-state index contributed by atoms with van der Waals surface area (Å²) in [5.74, 6) is 0.0829. The first-order valence-corrected chi connectivity index (χ1v) is 7.14. The van der Waals surface area contributed by atoms with Gasteiger partial charge in [-0.15, -0.1) is 5.10 Å². The molecule has 3 heteroatoms. The van der Waals surface area contributed by atoms with Gasteiger partial charge in [0.2, 0.25) is 5.88 Å². The van der Waals surface area contributed by atoms with E-state index in [-0.39, 0.29) is 5.88 Å². The van der Waals surface area contributed by atoms with Gasteiger partial charge in [-0.1, -0.05) is 49.4 Å². The zero-order chi connectivity index (χ0) is 14.8. The molecule has 0 unspecified atom stereocenters. The number of hydrogen-bond donors (Lipinski definition) is 1. The van der Waals surface area contributed by atoms with E-state index in [0.29, 0.717) is 0 Å². The highest BCUT2D eigenvalue weighted by Crippen LogP contribution is 2.34. The average molecular weight is 278 g/mol. The molecular weight excluding hydrogens is 260 g/mol. The second kappa shape index (κ2) is 5.44. The highest BCUT2D eigenvalue weighted by molar-refractivity contribution is 5.72. The summed E-state index contributed by atoms with van der Waals surface area (Å²) in [5, 5.41) is 14.6. The first-order chi connectivity index (χ1) is 10.2. The van der Waals surface area contributed by atoms with Crippen LogP contribution in [0.5, 0.6) is 5.88 Å². The Bertz CT molecular complexity index is 760. The van der Waals surface area contributed by atoms with Crippen molar-refractivity contribution >= 4 is 0 Å². The van der Waals surface area contributed by atoms with E-state index in [1.54, 1.807) is 0 Å². The minimum atomic E-state index is 0.0829. The van der Waals surface area contributed by atoms with Crippen LogP contribution in [0.25, 0.3) is 16.8 Å². The molecule has 0 amide bonds. The van der Waals surface area contributed by atoms with Gasteiger partial charge in [0.05, 0.1) is 16.9 Å². The zero-order valence-electron chi connectivity index (χ0n) is 12.2. The Labute approximate surface area is 124 Å². The lowest BCUT2D eigenvalue weighted by atomic mass is 10.0. The first kappa shape index (κ1) is 13.4. The third-order valence-electron chi connectivity index (χ3n) is 3.61. The molecule has 0 fully saturated rings. The highest BCUT2D eigenvalue weighted by atomic mass is 16.3. The molecule has 0 radical (unpaired) electrons. The molecule has 1 aromatic heterocycles. The van der Waals surface area contributed by atoms with Crippen LogP contribution in [-0.4, -0.2) is 14.9 Å². The molecule has 0 spiro atoms. The van der Waals surface area contributed by atoms with Gasteiger partial charge in [-0.3, -0.25) is 0 Å². The van der Waals surface area contributed by atoms with Crippen LogP contribution >= 0.6 is 0 Å². The summed E-state index contributed by atoms with van der Waals surface area (Å²) >= 11 is 0. The number of benzene rings is 2. The van der Waals surface area contributed by atoms with Crippen molar-refractivity contribution in [2.75, 3.05) is 0 Å². The van der Waals surface area contributed by atoms with E-state index >= 15 is 0 Å². The van der Waals surface area contributed by atoms with Crippen molar-refractivity contribution in [3.8, 4) is 22.7 Å². The van der Waals surface area contributed by atoms with Crippen molar-refractivity contribution in [3.63, 3.8) is 0 Å². The van der Waals surface area contributed by atoms with E-state index in [1.165, 1.54) is 5.56 Å². The predicted octanol–water partition coefficient (Wildman–Crippen LogP) is 4.12. The fourth-order valence-corrected chi connectivity index (χ4v) is 2.64. The van der Waals surface area contributed by atoms with Crippen molar-refractivity contribution in [2.45, 2.75) is 20.3 Å². The first-order valence-electron chi connectivity index (χ1n) is 7.14. The number of aromatic nitrogens is 2. The second-order valence-electron chi connectivity index (χ2n) is 5.12. The van der Waals surface area contributed by atoms with Gasteiger partial charge in [0, 0.05) is 0 Å². The SMILES string of the molecule is CCc1c(-c2ccccc2)c(O)nn1-c1cccc(C)c1. The Morgan fingerprint density at radius 2 is 1.81 bits per heavy atom. The molecule has 21 heavy (non-hydrogen) atoms. The maximum atomic E-state index is 10.3. The fourth-order valence-electron chi connectivity index (χ4n) is 2.64. The Balaban J connectivity index is 2.21. The summed E-state index contributed by atoms with van der Waals surface area (Å²) in [4.78, 5) is 0. The van der Waals surface area contributed by atoms with Crippen LogP contribution < -0.4 is 0 Å². The number of hydrogen-bond acceptors (Lipinski definition) is 2. The molecule has 1 N–H and O–H groups in total. The molecule has 0 aliphatic heterocycles. The number of rotatable bonds is 3. The van der Waals surface area contributed by atoms with Gasteiger partial charge in [0.25, 0.3) is 0 Å². The molecule has 0 bridgehead atoms. The monoisotopic (exact) mass is 278 g/mol. The third kappa shape index (κ3) is 2.42. The van der Waals surface area contributed by atoms with Crippen LogP contribution in [-0.2, 0) is 6.42 Å². The number of aryl methyl sites for hydroxylation is 1. The van der Waals surface area contributed by atoms with Crippen LogP contribution in [0.1, 0.15) is 18.2 Å². The second-order valence-corrected chi connectivity index (χ2v) is 5.12. The average Bonchev–Trinajstić information content (AvgIpc) is 2.84. The van der Waals surface area contributed by atoms with Crippen LogP contribution in [0, 0.1) is 6.92 Å². The Hall–Kier alpha value is -2.55. The summed E-state index contributed by atoms with van der Waals surface area (Å²) in [5.41, 5.74) is 4.98. The lowest BCUT2D eigenvalue weighted by Crippen LogP contribution is -2.02. The molecule has 2 aromatic carbocycles. The smallest absolute Gasteiger partial charge is 0.239 e. The molecular formula is C18H18N2O. The van der Waals surface area contributed by atoms with Gasteiger partial charge < -0.3 is 5.11 Å². The van der Waals surface area contributed by atoms with E-state index in [2.05, 4.69) is 31.1 Å². The van der Waals surface area contributed by atoms with E-state index in [9.17, 15) is 5.11 Å². The molecule has 3 nitrogen and oxygen atoms in total. The van der Waals surface area contributed by atoms with Crippen molar-refractivity contribution in [3.05, 3.63) is 65.9 Å². The van der Waals surface area contributed by atoms with Crippen molar-refractivity contribution in [1.29, 1.82) is 0 Å². The molecule has 0 atom stereocenters. The largest absolute Gasteiger partial charge is 0.492 e. The van der Waals surface area contributed by atoms with E-state index < -0.39 is 0 Å². The molecule has 0 aliphatic rings. The van der Waals surface area contributed by atoms with Crippen LogP contribution in [0.2, 0.25) is 0 Å². The van der Waals surface area contributed by atoms with Crippen LogP contribution in [0.3, 0.4) is 0 Å². The molecule has 3 aromatic rings. The highest BCUT2D eigenvalue weighted by Gasteiger charge is 2.18. The molecule has 1 heterocycles. The van der Waals surface area contributed by atoms with Crippen molar-refractivity contribution in [2.24, 2.45) is 0 Å². The van der Waals surface area contributed by atoms with Crippen molar-refractivity contribution in [1.82, 2.24) is 9.78 Å². The predicted molar refractivity (Wildman–Crippen MR) is 84.8 cm³/mol. The molecule has 106 valence electrons. The normalized spacial score (nSPS) is 10.8. The van der Waals surface area contributed by atoms with Gasteiger partial charge in [-0.2, -0.15) is 0 Å². The summed E-state index contributed by atoms with van der Waals surface area (Å²) in [6, 6.07) is 18.0.